The first-order valence-electron chi connectivity index (χ1n) is 8.29. The van der Waals surface area contributed by atoms with Gasteiger partial charge in [0.25, 0.3) is 5.91 Å². The van der Waals surface area contributed by atoms with E-state index in [0.717, 1.165) is 12.2 Å². The second-order valence-corrected chi connectivity index (χ2v) is 6.17. The summed E-state index contributed by atoms with van der Waals surface area (Å²) < 4.78 is 12.8. The smallest absolute Gasteiger partial charge is 0.254 e. The lowest BCUT2D eigenvalue weighted by Crippen LogP contribution is -2.38. The molecule has 1 amide bonds. The molecule has 25 heavy (non-hydrogen) atoms. The van der Waals surface area contributed by atoms with Gasteiger partial charge in [-0.15, -0.1) is 0 Å². The summed E-state index contributed by atoms with van der Waals surface area (Å²) in [6.45, 7) is 2.09. The van der Waals surface area contributed by atoms with E-state index < -0.39 is 0 Å². The fourth-order valence-corrected chi connectivity index (χ4v) is 3.44. The van der Waals surface area contributed by atoms with E-state index in [1.165, 1.54) is 10.9 Å². The Hall–Kier alpha value is -2.95. The minimum absolute atomic E-state index is 0.00583. The Kier molecular flexibility index (Phi) is 3.84. The van der Waals surface area contributed by atoms with E-state index in [1.54, 1.807) is 32.4 Å². The summed E-state index contributed by atoms with van der Waals surface area (Å²) >= 11 is 0. The third-order valence-electron chi connectivity index (χ3n) is 4.73. The topological polar surface area (TPSA) is 43.7 Å². The molecule has 0 bridgehead atoms. The molecular formula is C20H20N2O3. The number of methoxy groups -OCH3 is 2. The summed E-state index contributed by atoms with van der Waals surface area (Å²) in [7, 11) is 3.17. The number of rotatable bonds is 3. The second kappa shape index (κ2) is 6.16. The van der Waals surface area contributed by atoms with Crippen molar-refractivity contribution in [3.8, 4) is 11.5 Å². The molecule has 0 saturated carbocycles. The predicted octanol–water partition coefficient (Wildman–Crippen LogP) is 3.31. The van der Waals surface area contributed by atoms with E-state index in [-0.39, 0.29) is 5.91 Å². The zero-order valence-electron chi connectivity index (χ0n) is 14.4. The highest BCUT2D eigenvalue weighted by atomic mass is 16.5. The third-order valence-corrected chi connectivity index (χ3v) is 4.73. The zero-order chi connectivity index (χ0) is 17.4. The molecule has 0 unspecified atom stereocenters. The molecule has 0 fully saturated rings. The molecule has 0 saturated heterocycles. The molecule has 0 N–H and O–H groups in total. The van der Waals surface area contributed by atoms with Crippen molar-refractivity contribution in [3.05, 3.63) is 59.8 Å². The Morgan fingerprint density at radius 3 is 2.40 bits per heavy atom. The lowest BCUT2D eigenvalue weighted by atomic mass is 10.1. The number of carbonyl (C=O) groups excluding carboxylic acids is 1. The minimum atomic E-state index is -0.00583. The van der Waals surface area contributed by atoms with E-state index in [0.29, 0.717) is 30.2 Å². The van der Waals surface area contributed by atoms with E-state index in [4.69, 9.17) is 9.47 Å². The Bertz CT molecular complexity index is 923. The fourth-order valence-electron chi connectivity index (χ4n) is 3.44. The van der Waals surface area contributed by atoms with Crippen LogP contribution >= 0.6 is 0 Å². The van der Waals surface area contributed by atoms with Gasteiger partial charge in [-0.1, -0.05) is 18.2 Å². The molecule has 1 aliphatic rings. The highest BCUT2D eigenvalue weighted by molar-refractivity contribution is 5.95. The summed E-state index contributed by atoms with van der Waals surface area (Å²) in [5, 5.41) is 1.22. The molecule has 3 aromatic rings. The Balaban J connectivity index is 1.64. The van der Waals surface area contributed by atoms with Crippen molar-refractivity contribution < 1.29 is 14.3 Å². The summed E-state index contributed by atoms with van der Waals surface area (Å²) in [4.78, 5) is 14.8. The van der Waals surface area contributed by atoms with Crippen molar-refractivity contribution in [1.29, 1.82) is 0 Å². The summed E-state index contributed by atoms with van der Waals surface area (Å²) in [6.07, 6.45) is 0. The standard InChI is InChI=1S/C20H20N2O3/c1-24-17-10-15(11-18(12-17)25-2)20(23)21-7-8-22-16(13-21)9-14-5-3-4-6-19(14)22/h3-6,9-12H,7-8,13H2,1-2H3. The third kappa shape index (κ3) is 2.71. The fraction of sp³-hybridized carbons (Fsp3) is 0.250. The van der Waals surface area contributed by atoms with Crippen LogP contribution in [-0.4, -0.2) is 36.1 Å². The van der Waals surface area contributed by atoms with Gasteiger partial charge in [0.1, 0.15) is 11.5 Å². The van der Waals surface area contributed by atoms with Gasteiger partial charge in [0.05, 0.1) is 20.8 Å². The number of para-hydroxylation sites is 1. The summed E-state index contributed by atoms with van der Waals surface area (Å²) in [6, 6.07) is 15.8. The SMILES string of the molecule is COc1cc(OC)cc(C(=O)N2CCn3c(cc4ccccc43)C2)c1. The number of fused-ring (bicyclic) bond motifs is 3. The lowest BCUT2D eigenvalue weighted by molar-refractivity contribution is 0.0712. The average molecular weight is 336 g/mol. The molecule has 0 radical (unpaired) electrons. The Morgan fingerprint density at radius 1 is 0.960 bits per heavy atom. The van der Waals surface area contributed by atoms with Crippen molar-refractivity contribution >= 4 is 16.8 Å². The van der Waals surface area contributed by atoms with Gasteiger partial charge in [-0.2, -0.15) is 0 Å². The van der Waals surface area contributed by atoms with E-state index in [9.17, 15) is 4.79 Å². The van der Waals surface area contributed by atoms with Gasteiger partial charge in [-0.25, -0.2) is 0 Å². The molecule has 2 aromatic carbocycles. The number of amides is 1. The molecule has 1 aliphatic heterocycles. The number of hydrogen-bond acceptors (Lipinski definition) is 3. The molecule has 2 heterocycles. The van der Waals surface area contributed by atoms with Crippen LogP contribution in [0, 0.1) is 0 Å². The Morgan fingerprint density at radius 2 is 1.68 bits per heavy atom. The number of ether oxygens (including phenoxy) is 2. The van der Waals surface area contributed by atoms with Crippen molar-refractivity contribution in [2.75, 3.05) is 20.8 Å². The van der Waals surface area contributed by atoms with Gasteiger partial charge in [0.2, 0.25) is 0 Å². The summed E-state index contributed by atoms with van der Waals surface area (Å²) in [5.41, 5.74) is 2.98. The molecule has 0 spiro atoms. The number of nitrogens with zero attached hydrogens (tertiary/aromatic N) is 2. The van der Waals surface area contributed by atoms with Gasteiger partial charge < -0.3 is 18.9 Å². The van der Waals surface area contributed by atoms with Crippen LogP contribution in [0.25, 0.3) is 10.9 Å². The normalized spacial score (nSPS) is 13.6. The first-order chi connectivity index (χ1) is 12.2. The van der Waals surface area contributed by atoms with Crippen molar-refractivity contribution in [1.82, 2.24) is 9.47 Å². The van der Waals surface area contributed by atoms with Crippen LogP contribution in [-0.2, 0) is 13.1 Å². The van der Waals surface area contributed by atoms with Gasteiger partial charge in [-0.3, -0.25) is 4.79 Å². The molecule has 5 nitrogen and oxygen atoms in total. The van der Waals surface area contributed by atoms with Crippen LogP contribution in [0.15, 0.2) is 48.5 Å². The molecule has 0 atom stereocenters. The molecule has 1 aromatic heterocycles. The molecule has 5 heteroatoms. The predicted molar refractivity (Wildman–Crippen MR) is 96.2 cm³/mol. The highest BCUT2D eigenvalue weighted by Crippen LogP contribution is 2.27. The van der Waals surface area contributed by atoms with Crippen LogP contribution in [0.5, 0.6) is 11.5 Å². The number of aromatic nitrogens is 1. The largest absolute Gasteiger partial charge is 0.497 e. The molecule has 4 rings (SSSR count). The van der Waals surface area contributed by atoms with Gasteiger partial charge >= 0.3 is 0 Å². The van der Waals surface area contributed by atoms with E-state index >= 15 is 0 Å². The average Bonchev–Trinajstić information content (AvgIpc) is 3.04. The first-order valence-corrected chi connectivity index (χ1v) is 8.29. The van der Waals surface area contributed by atoms with Crippen LogP contribution in [0.2, 0.25) is 0 Å². The maximum absolute atomic E-state index is 13.0. The van der Waals surface area contributed by atoms with Crippen molar-refractivity contribution in [2.45, 2.75) is 13.1 Å². The second-order valence-electron chi connectivity index (χ2n) is 6.17. The molecular weight excluding hydrogens is 316 g/mol. The monoisotopic (exact) mass is 336 g/mol. The number of carbonyl (C=O) groups is 1. The maximum atomic E-state index is 13.0. The van der Waals surface area contributed by atoms with Crippen LogP contribution in [0.4, 0.5) is 0 Å². The summed E-state index contributed by atoms with van der Waals surface area (Å²) in [5.74, 6) is 1.23. The first kappa shape index (κ1) is 15.6. The van der Waals surface area contributed by atoms with E-state index in [1.807, 2.05) is 11.0 Å². The Labute approximate surface area is 146 Å². The van der Waals surface area contributed by atoms with Crippen LogP contribution < -0.4 is 9.47 Å². The number of benzene rings is 2. The van der Waals surface area contributed by atoms with Crippen molar-refractivity contribution in [3.63, 3.8) is 0 Å². The van der Waals surface area contributed by atoms with Gasteiger partial charge in [0, 0.05) is 35.9 Å². The molecule has 128 valence electrons. The van der Waals surface area contributed by atoms with E-state index in [2.05, 4.69) is 28.8 Å². The zero-order valence-corrected chi connectivity index (χ0v) is 14.4. The quantitative estimate of drug-likeness (QED) is 0.737. The lowest BCUT2D eigenvalue weighted by Gasteiger charge is -2.29. The van der Waals surface area contributed by atoms with Crippen LogP contribution in [0.1, 0.15) is 16.1 Å². The number of hydrogen-bond donors (Lipinski definition) is 0. The maximum Gasteiger partial charge on any atom is 0.254 e. The van der Waals surface area contributed by atoms with Gasteiger partial charge in [-0.05, 0) is 29.7 Å². The van der Waals surface area contributed by atoms with Gasteiger partial charge in [0.15, 0.2) is 0 Å². The molecule has 0 aliphatic carbocycles. The van der Waals surface area contributed by atoms with Crippen LogP contribution in [0.3, 0.4) is 0 Å². The van der Waals surface area contributed by atoms with Crippen molar-refractivity contribution in [2.24, 2.45) is 0 Å². The highest BCUT2D eigenvalue weighted by Gasteiger charge is 2.24. The minimum Gasteiger partial charge on any atom is -0.497 e.